The van der Waals surface area contributed by atoms with Gasteiger partial charge in [0.15, 0.2) is 0 Å². The molecule has 1 fully saturated rings. The molecule has 0 aromatic heterocycles. The Kier molecular flexibility index (Phi) is 2.35. The van der Waals surface area contributed by atoms with Gasteiger partial charge in [-0.2, -0.15) is 0 Å². The second-order valence-electron chi connectivity index (χ2n) is 3.51. The molecule has 0 radical (unpaired) electrons. The third-order valence-electron chi connectivity index (χ3n) is 2.95. The zero-order valence-corrected chi connectivity index (χ0v) is 7.42. The van der Waals surface area contributed by atoms with Gasteiger partial charge in [0.2, 0.25) is 0 Å². The fourth-order valence-electron chi connectivity index (χ4n) is 1.76. The van der Waals surface area contributed by atoms with Crippen LogP contribution in [0.5, 0.6) is 0 Å². The zero-order valence-electron chi connectivity index (χ0n) is 7.42. The van der Waals surface area contributed by atoms with Crippen LogP contribution in [0.3, 0.4) is 0 Å². The summed E-state index contributed by atoms with van der Waals surface area (Å²) in [6.07, 6.45) is 2.15. The third-order valence-corrected chi connectivity index (χ3v) is 2.95. The van der Waals surface area contributed by atoms with Crippen molar-refractivity contribution in [3.8, 4) is 0 Å². The van der Waals surface area contributed by atoms with Crippen molar-refractivity contribution in [3.05, 3.63) is 0 Å². The van der Waals surface area contributed by atoms with Crippen molar-refractivity contribution in [2.45, 2.75) is 46.3 Å². The van der Waals surface area contributed by atoms with Crippen molar-refractivity contribution in [1.29, 1.82) is 0 Å². The fourth-order valence-corrected chi connectivity index (χ4v) is 1.76. The molecule has 0 bridgehead atoms. The molecule has 1 nitrogen and oxygen atoms in total. The Morgan fingerprint density at radius 3 is 1.90 bits per heavy atom. The van der Waals surface area contributed by atoms with E-state index in [1.165, 1.54) is 0 Å². The van der Waals surface area contributed by atoms with Crippen molar-refractivity contribution in [1.82, 2.24) is 0 Å². The largest absolute Gasteiger partial charge is 0.375 e. The molecule has 0 amide bonds. The summed E-state index contributed by atoms with van der Waals surface area (Å²) in [5.41, 5.74) is 0. The van der Waals surface area contributed by atoms with Gasteiger partial charge in [0.05, 0.1) is 12.2 Å². The monoisotopic (exact) mass is 142 g/mol. The second kappa shape index (κ2) is 2.91. The predicted octanol–water partition coefficient (Wildman–Crippen LogP) is 2.46. The summed E-state index contributed by atoms with van der Waals surface area (Å²) in [6.45, 7) is 8.95. The van der Waals surface area contributed by atoms with Crippen LogP contribution in [0.25, 0.3) is 0 Å². The van der Waals surface area contributed by atoms with E-state index in [1.807, 2.05) is 0 Å². The molecule has 4 atom stereocenters. The molecular weight excluding hydrogens is 124 g/mol. The number of rotatable bonds is 1. The highest BCUT2D eigenvalue weighted by Crippen LogP contribution is 2.32. The molecule has 0 N–H and O–H groups in total. The number of hydrogen-bond acceptors (Lipinski definition) is 1. The van der Waals surface area contributed by atoms with Crippen molar-refractivity contribution in [2.75, 3.05) is 0 Å². The molecule has 0 spiro atoms. The number of ether oxygens (including phenoxy) is 1. The molecule has 10 heavy (non-hydrogen) atoms. The van der Waals surface area contributed by atoms with Gasteiger partial charge in [-0.15, -0.1) is 0 Å². The molecule has 1 saturated heterocycles. The molecule has 0 aromatic carbocycles. The first-order valence-corrected chi connectivity index (χ1v) is 4.32. The highest BCUT2D eigenvalue weighted by atomic mass is 16.5. The minimum absolute atomic E-state index is 0.472. The standard InChI is InChI=1S/C9H18O/c1-5-9-7(3)6(2)8(4)10-9/h6-9H,5H2,1-4H3/t6-,7-,8-,9+/m0/s1. The number of hydrogen-bond donors (Lipinski definition) is 0. The summed E-state index contributed by atoms with van der Waals surface area (Å²) in [7, 11) is 0. The molecule has 60 valence electrons. The van der Waals surface area contributed by atoms with Crippen LogP contribution in [0, 0.1) is 11.8 Å². The maximum absolute atomic E-state index is 5.73. The van der Waals surface area contributed by atoms with Crippen LogP contribution in [0.4, 0.5) is 0 Å². The minimum atomic E-state index is 0.472. The lowest BCUT2D eigenvalue weighted by molar-refractivity contribution is 0.0393. The quantitative estimate of drug-likeness (QED) is 0.546. The Bertz CT molecular complexity index is 111. The second-order valence-corrected chi connectivity index (χ2v) is 3.51. The Hall–Kier alpha value is -0.0400. The molecule has 0 unspecified atom stereocenters. The van der Waals surface area contributed by atoms with Crippen molar-refractivity contribution in [3.63, 3.8) is 0 Å². The normalized spacial score (nSPS) is 48.0. The third kappa shape index (κ3) is 1.20. The molecule has 0 aromatic rings. The molecule has 0 aliphatic carbocycles. The summed E-state index contributed by atoms with van der Waals surface area (Å²) in [5.74, 6) is 1.49. The predicted molar refractivity (Wildman–Crippen MR) is 43.0 cm³/mol. The van der Waals surface area contributed by atoms with Crippen LogP contribution >= 0.6 is 0 Å². The molecule has 1 aliphatic rings. The average molecular weight is 142 g/mol. The molecule has 0 saturated carbocycles. The zero-order chi connectivity index (χ0) is 7.72. The van der Waals surface area contributed by atoms with Crippen LogP contribution in [0.15, 0.2) is 0 Å². The lowest BCUT2D eigenvalue weighted by Gasteiger charge is -2.12. The smallest absolute Gasteiger partial charge is 0.0605 e. The van der Waals surface area contributed by atoms with Gasteiger partial charge in [-0.3, -0.25) is 0 Å². The van der Waals surface area contributed by atoms with E-state index in [0.717, 1.165) is 18.3 Å². The minimum Gasteiger partial charge on any atom is -0.375 e. The molecule has 1 aliphatic heterocycles. The van der Waals surface area contributed by atoms with Gasteiger partial charge < -0.3 is 4.74 Å². The highest BCUT2D eigenvalue weighted by Gasteiger charge is 2.34. The maximum atomic E-state index is 5.73. The Morgan fingerprint density at radius 2 is 1.70 bits per heavy atom. The SMILES string of the molecule is CC[C@H]1O[C@@H](C)[C@@H](C)[C@@H]1C. The Balaban J connectivity index is 2.53. The van der Waals surface area contributed by atoms with Crippen LogP contribution in [-0.2, 0) is 4.74 Å². The lowest BCUT2D eigenvalue weighted by Crippen LogP contribution is -2.14. The van der Waals surface area contributed by atoms with E-state index in [-0.39, 0.29) is 0 Å². The van der Waals surface area contributed by atoms with Gasteiger partial charge in [-0.1, -0.05) is 20.8 Å². The van der Waals surface area contributed by atoms with Crippen molar-refractivity contribution in [2.24, 2.45) is 11.8 Å². The first-order chi connectivity index (χ1) is 4.66. The first kappa shape index (κ1) is 8.06. The van der Waals surface area contributed by atoms with E-state index in [2.05, 4.69) is 27.7 Å². The van der Waals surface area contributed by atoms with Gasteiger partial charge in [-0.05, 0) is 25.2 Å². The summed E-state index contributed by atoms with van der Waals surface area (Å²) in [4.78, 5) is 0. The van der Waals surface area contributed by atoms with E-state index in [1.54, 1.807) is 0 Å². The maximum Gasteiger partial charge on any atom is 0.0605 e. The van der Waals surface area contributed by atoms with E-state index in [4.69, 9.17) is 4.74 Å². The highest BCUT2D eigenvalue weighted by molar-refractivity contribution is 4.82. The average Bonchev–Trinajstić information content (AvgIpc) is 2.17. The Morgan fingerprint density at radius 1 is 1.10 bits per heavy atom. The topological polar surface area (TPSA) is 9.23 Å². The van der Waals surface area contributed by atoms with E-state index < -0.39 is 0 Å². The summed E-state index contributed by atoms with van der Waals surface area (Å²) >= 11 is 0. The van der Waals surface area contributed by atoms with Gasteiger partial charge in [0.25, 0.3) is 0 Å². The van der Waals surface area contributed by atoms with Crippen molar-refractivity contribution < 1.29 is 4.74 Å². The summed E-state index contributed by atoms with van der Waals surface area (Å²) in [5, 5.41) is 0. The fraction of sp³-hybridized carbons (Fsp3) is 1.00. The molecule has 1 heterocycles. The van der Waals surface area contributed by atoms with Crippen LogP contribution in [0.2, 0.25) is 0 Å². The first-order valence-electron chi connectivity index (χ1n) is 4.32. The van der Waals surface area contributed by atoms with E-state index >= 15 is 0 Å². The van der Waals surface area contributed by atoms with Gasteiger partial charge in [0, 0.05) is 0 Å². The van der Waals surface area contributed by atoms with E-state index in [9.17, 15) is 0 Å². The van der Waals surface area contributed by atoms with Gasteiger partial charge in [0.1, 0.15) is 0 Å². The molecular formula is C9H18O. The van der Waals surface area contributed by atoms with Crippen LogP contribution in [0.1, 0.15) is 34.1 Å². The van der Waals surface area contributed by atoms with Crippen molar-refractivity contribution >= 4 is 0 Å². The molecule has 1 heteroatoms. The van der Waals surface area contributed by atoms with E-state index in [0.29, 0.717) is 12.2 Å². The van der Waals surface area contributed by atoms with Crippen LogP contribution < -0.4 is 0 Å². The van der Waals surface area contributed by atoms with Crippen LogP contribution in [-0.4, -0.2) is 12.2 Å². The Labute approximate surface area is 63.8 Å². The summed E-state index contributed by atoms with van der Waals surface area (Å²) in [6, 6.07) is 0. The van der Waals surface area contributed by atoms with Gasteiger partial charge >= 0.3 is 0 Å². The summed E-state index contributed by atoms with van der Waals surface area (Å²) < 4.78 is 5.73. The lowest BCUT2D eigenvalue weighted by atomic mass is 9.90. The molecule has 1 rings (SSSR count). The van der Waals surface area contributed by atoms with Gasteiger partial charge in [-0.25, -0.2) is 0 Å².